The van der Waals surface area contributed by atoms with Gasteiger partial charge in [0.25, 0.3) is 0 Å². The highest BCUT2D eigenvalue weighted by molar-refractivity contribution is 9.10. The second kappa shape index (κ2) is 6.16. The molecule has 0 saturated carbocycles. The summed E-state index contributed by atoms with van der Waals surface area (Å²) in [6.07, 6.45) is 0. The molecule has 0 unspecified atom stereocenters. The number of carbonyl (C=O) groups excluding carboxylic acids is 2. The topological polar surface area (TPSA) is 61.4 Å². The van der Waals surface area contributed by atoms with E-state index in [0.717, 1.165) is 23.1 Å². The molecule has 1 aliphatic rings. The maximum absolute atomic E-state index is 12.0. The van der Waals surface area contributed by atoms with Crippen LogP contribution in [0.15, 0.2) is 22.7 Å². The van der Waals surface area contributed by atoms with Crippen molar-refractivity contribution in [1.82, 2.24) is 10.2 Å². The minimum atomic E-state index is -0.590. The Bertz CT molecular complexity index is 499. The molecule has 1 aromatic rings. The van der Waals surface area contributed by atoms with E-state index in [4.69, 9.17) is 0 Å². The Labute approximate surface area is 120 Å². The highest BCUT2D eigenvalue weighted by atomic mass is 79.9. The molecule has 0 bridgehead atoms. The quantitative estimate of drug-likeness (QED) is 0.761. The Morgan fingerprint density at radius 1 is 1.32 bits per heavy atom. The zero-order valence-corrected chi connectivity index (χ0v) is 12.3. The first-order chi connectivity index (χ1) is 9.08. The van der Waals surface area contributed by atoms with Gasteiger partial charge < -0.3 is 15.5 Å². The predicted molar refractivity (Wildman–Crippen MR) is 77.0 cm³/mol. The summed E-state index contributed by atoms with van der Waals surface area (Å²) >= 11 is 3.35. The average Bonchev–Trinajstić information content (AvgIpc) is 2.43. The highest BCUT2D eigenvalue weighted by Gasteiger charge is 2.23. The lowest BCUT2D eigenvalue weighted by atomic mass is 10.2. The zero-order valence-electron chi connectivity index (χ0n) is 10.7. The van der Waals surface area contributed by atoms with Crippen LogP contribution >= 0.6 is 15.9 Å². The molecule has 1 aromatic carbocycles. The second-order valence-corrected chi connectivity index (χ2v) is 5.33. The van der Waals surface area contributed by atoms with E-state index in [2.05, 4.69) is 26.6 Å². The number of carbonyl (C=O) groups is 2. The van der Waals surface area contributed by atoms with Crippen LogP contribution < -0.4 is 10.6 Å². The van der Waals surface area contributed by atoms with Gasteiger partial charge in [-0.15, -0.1) is 0 Å². The van der Waals surface area contributed by atoms with Crippen molar-refractivity contribution in [1.29, 1.82) is 0 Å². The lowest BCUT2D eigenvalue weighted by Crippen LogP contribution is -2.49. The fourth-order valence-electron chi connectivity index (χ4n) is 1.92. The molecule has 0 atom stereocenters. The van der Waals surface area contributed by atoms with Gasteiger partial charge in [0.05, 0.1) is 5.69 Å². The molecule has 6 heteroatoms. The number of nitrogens with one attached hydrogen (secondary N) is 2. The maximum atomic E-state index is 12.0. The first-order valence-corrected chi connectivity index (χ1v) is 6.94. The summed E-state index contributed by atoms with van der Waals surface area (Å²) in [5.74, 6) is -1.07. The van der Waals surface area contributed by atoms with Crippen LogP contribution in [0.4, 0.5) is 5.69 Å². The number of amides is 2. The van der Waals surface area contributed by atoms with Gasteiger partial charge in [-0.3, -0.25) is 9.59 Å². The Hall–Kier alpha value is -1.40. The maximum Gasteiger partial charge on any atom is 0.313 e. The van der Waals surface area contributed by atoms with Gasteiger partial charge in [-0.25, -0.2) is 0 Å². The van der Waals surface area contributed by atoms with Gasteiger partial charge in [-0.1, -0.05) is 6.07 Å². The van der Waals surface area contributed by atoms with E-state index in [0.29, 0.717) is 18.8 Å². The van der Waals surface area contributed by atoms with Gasteiger partial charge in [0.15, 0.2) is 0 Å². The summed E-state index contributed by atoms with van der Waals surface area (Å²) in [7, 11) is 0. The standard InChI is InChI=1S/C13H16BrN3O2/c1-9-2-3-10(14)11(8-9)16-12(18)13(19)17-6-4-15-5-7-17/h2-3,8,15H,4-7H2,1H3,(H,16,18). The van der Waals surface area contributed by atoms with Crippen LogP contribution in [0.25, 0.3) is 0 Å². The predicted octanol–water partition coefficient (Wildman–Crippen LogP) is 1.13. The summed E-state index contributed by atoms with van der Waals surface area (Å²) < 4.78 is 0.763. The van der Waals surface area contributed by atoms with E-state index in [1.165, 1.54) is 0 Å². The molecule has 5 nitrogen and oxygen atoms in total. The van der Waals surface area contributed by atoms with Gasteiger partial charge >= 0.3 is 11.8 Å². The minimum absolute atomic E-state index is 0.477. The molecule has 0 aliphatic carbocycles. The molecular weight excluding hydrogens is 310 g/mol. The fourth-order valence-corrected chi connectivity index (χ4v) is 2.27. The van der Waals surface area contributed by atoms with Gasteiger partial charge in [0.1, 0.15) is 0 Å². The molecule has 1 saturated heterocycles. The van der Waals surface area contributed by atoms with Crippen molar-refractivity contribution < 1.29 is 9.59 Å². The lowest BCUT2D eigenvalue weighted by molar-refractivity contribution is -0.143. The third-order valence-corrected chi connectivity index (χ3v) is 3.66. The Morgan fingerprint density at radius 2 is 2.00 bits per heavy atom. The Balaban J connectivity index is 2.03. The van der Waals surface area contributed by atoms with Crippen LogP contribution in [0.2, 0.25) is 0 Å². The van der Waals surface area contributed by atoms with Crippen molar-refractivity contribution >= 4 is 33.4 Å². The minimum Gasteiger partial charge on any atom is -0.332 e. The molecule has 2 N–H and O–H groups in total. The molecule has 0 aromatic heterocycles. The third-order valence-electron chi connectivity index (χ3n) is 2.97. The summed E-state index contributed by atoms with van der Waals surface area (Å²) in [4.78, 5) is 25.5. The van der Waals surface area contributed by atoms with Crippen molar-refractivity contribution in [3.63, 3.8) is 0 Å². The van der Waals surface area contributed by atoms with Gasteiger partial charge in [0.2, 0.25) is 0 Å². The van der Waals surface area contributed by atoms with Crippen molar-refractivity contribution in [3.05, 3.63) is 28.2 Å². The van der Waals surface area contributed by atoms with Crippen LogP contribution in [0, 0.1) is 6.92 Å². The van der Waals surface area contributed by atoms with E-state index < -0.39 is 11.8 Å². The van der Waals surface area contributed by atoms with E-state index in [9.17, 15) is 9.59 Å². The molecular formula is C13H16BrN3O2. The molecule has 2 amide bonds. The van der Waals surface area contributed by atoms with E-state index in [1.54, 1.807) is 4.90 Å². The number of hydrogen-bond acceptors (Lipinski definition) is 3. The number of aryl methyl sites for hydroxylation is 1. The number of piperazine rings is 1. The number of nitrogens with zero attached hydrogens (tertiary/aromatic N) is 1. The molecule has 0 spiro atoms. The molecule has 2 rings (SSSR count). The fraction of sp³-hybridized carbons (Fsp3) is 0.385. The normalized spacial score (nSPS) is 15.2. The number of rotatable bonds is 1. The molecule has 1 heterocycles. The van der Waals surface area contributed by atoms with Crippen molar-refractivity contribution in [2.24, 2.45) is 0 Å². The Kier molecular flexibility index (Phi) is 4.55. The van der Waals surface area contributed by atoms with Crippen LogP contribution in [0.1, 0.15) is 5.56 Å². The van der Waals surface area contributed by atoms with Crippen LogP contribution in [-0.4, -0.2) is 42.9 Å². The SMILES string of the molecule is Cc1ccc(Br)c(NC(=O)C(=O)N2CCNCC2)c1. The van der Waals surface area contributed by atoms with E-state index in [-0.39, 0.29) is 0 Å². The number of anilines is 1. The summed E-state index contributed by atoms with van der Waals surface area (Å²) in [5, 5.41) is 5.79. The van der Waals surface area contributed by atoms with E-state index in [1.807, 2.05) is 25.1 Å². The van der Waals surface area contributed by atoms with Crippen molar-refractivity contribution in [3.8, 4) is 0 Å². The molecule has 1 fully saturated rings. The van der Waals surface area contributed by atoms with Gasteiger partial charge in [-0.05, 0) is 40.5 Å². The average molecular weight is 326 g/mol. The molecule has 0 radical (unpaired) electrons. The smallest absolute Gasteiger partial charge is 0.313 e. The molecule has 19 heavy (non-hydrogen) atoms. The second-order valence-electron chi connectivity index (χ2n) is 4.48. The van der Waals surface area contributed by atoms with Gasteiger partial charge in [-0.2, -0.15) is 0 Å². The van der Waals surface area contributed by atoms with Crippen LogP contribution in [0.3, 0.4) is 0 Å². The highest BCUT2D eigenvalue weighted by Crippen LogP contribution is 2.23. The lowest BCUT2D eigenvalue weighted by Gasteiger charge is -2.26. The number of halogens is 1. The zero-order chi connectivity index (χ0) is 13.8. The van der Waals surface area contributed by atoms with E-state index >= 15 is 0 Å². The van der Waals surface area contributed by atoms with Crippen LogP contribution in [-0.2, 0) is 9.59 Å². The molecule has 102 valence electrons. The monoisotopic (exact) mass is 325 g/mol. The number of benzene rings is 1. The summed E-state index contributed by atoms with van der Waals surface area (Å²) in [5.41, 5.74) is 1.64. The van der Waals surface area contributed by atoms with Gasteiger partial charge in [0, 0.05) is 30.7 Å². The third kappa shape index (κ3) is 3.54. The number of hydrogen-bond donors (Lipinski definition) is 2. The molecule has 1 aliphatic heterocycles. The first kappa shape index (κ1) is 14.0. The van der Waals surface area contributed by atoms with Crippen molar-refractivity contribution in [2.75, 3.05) is 31.5 Å². The summed E-state index contributed by atoms with van der Waals surface area (Å²) in [6.45, 7) is 4.53. The Morgan fingerprint density at radius 3 is 2.68 bits per heavy atom. The van der Waals surface area contributed by atoms with Crippen LogP contribution in [0.5, 0.6) is 0 Å². The summed E-state index contributed by atoms with van der Waals surface area (Å²) in [6, 6.07) is 5.60. The first-order valence-electron chi connectivity index (χ1n) is 6.15. The van der Waals surface area contributed by atoms with Crippen molar-refractivity contribution in [2.45, 2.75) is 6.92 Å². The largest absolute Gasteiger partial charge is 0.332 e.